The van der Waals surface area contributed by atoms with Gasteiger partial charge in [0, 0.05) is 31.4 Å². The number of nitrogens with zero attached hydrogens (tertiary/aromatic N) is 4. The number of fused-ring (bicyclic) bond motifs is 1. The van der Waals surface area contributed by atoms with Gasteiger partial charge >= 0.3 is 0 Å². The quantitative estimate of drug-likeness (QED) is 0.725. The lowest BCUT2D eigenvalue weighted by molar-refractivity contribution is 0.0822. The molecule has 2 heterocycles. The largest absolute Gasteiger partial charge is 0.399 e. The van der Waals surface area contributed by atoms with Crippen molar-refractivity contribution in [1.82, 2.24) is 19.7 Å². The van der Waals surface area contributed by atoms with Crippen LogP contribution in [0.4, 0.5) is 5.69 Å². The van der Waals surface area contributed by atoms with Crippen molar-refractivity contribution in [2.45, 2.75) is 0 Å². The van der Waals surface area contributed by atoms with E-state index in [-0.39, 0.29) is 5.91 Å². The number of amides is 1. The van der Waals surface area contributed by atoms with Gasteiger partial charge in [-0.1, -0.05) is 0 Å². The summed E-state index contributed by atoms with van der Waals surface area (Å²) in [6.45, 7) is 0. The van der Waals surface area contributed by atoms with E-state index in [1.807, 2.05) is 24.3 Å². The molecule has 0 aliphatic carbocycles. The van der Waals surface area contributed by atoms with Gasteiger partial charge in [-0.3, -0.25) is 9.78 Å². The highest BCUT2D eigenvalue weighted by Gasteiger charge is 2.12. The van der Waals surface area contributed by atoms with Gasteiger partial charge in [0.25, 0.3) is 5.91 Å². The van der Waals surface area contributed by atoms with Crippen molar-refractivity contribution in [1.29, 1.82) is 0 Å². The molecule has 106 valence electrons. The molecule has 0 aliphatic rings. The Morgan fingerprint density at radius 1 is 1.24 bits per heavy atom. The summed E-state index contributed by atoms with van der Waals surface area (Å²) in [4.78, 5) is 17.6. The first-order chi connectivity index (χ1) is 10.1. The van der Waals surface area contributed by atoms with Gasteiger partial charge in [-0.15, -0.1) is 0 Å². The highest BCUT2D eigenvalue weighted by molar-refractivity contribution is 5.92. The van der Waals surface area contributed by atoms with Gasteiger partial charge in [0.15, 0.2) is 0 Å². The molecule has 1 aromatic carbocycles. The van der Waals surface area contributed by atoms with Gasteiger partial charge in [-0.25, -0.2) is 4.68 Å². The zero-order chi connectivity index (χ0) is 15.0. The predicted octanol–water partition coefficient (Wildman–Crippen LogP) is 1.70. The van der Waals surface area contributed by atoms with Crippen molar-refractivity contribution < 1.29 is 4.79 Å². The molecular formula is C15H15N5O. The summed E-state index contributed by atoms with van der Waals surface area (Å²) in [7, 11) is 3.39. The van der Waals surface area contributed by atoms with E-state index in [1.54, 1.807) is 37.2 Å². The first-order valence-electron chi connectivity index (χ1n) is 6.47. The number of benzene rings is 1. The molecule has 1 amide bonds. The number of nitrogen functional groups attached to an aromatic ring is 1. The van der Waals surface area contributed by atoms with E-state index in [4.69, 9.17) is 5.73 Å². The Hall–Kier alpha value is -2.89. The van der Waals surface area contributed by atoms with E-state index in [0.29, 0.717) is 11.4 Å². The molecule has 6 nitrogen and oxygen atoms in total. The molecule has 2 aromatic heterocycles. The molecular weight excluding hydrogens is 266 g/mol. The average molecular weight is 281 g/mol. The fourth-order valence-corrected chi connectivity index (χ4v) is 2.14. The Morgan fingerprint density at radius 2 is 2.05 bits per heavy atom. The maximum Gasteiger partial charge on any atom is 0.272 e. The Morgan fingerprint density at radius 3 is 2.81 bits per heavy atom. The first kappa shape index (κ1) is 13.1. The number of hydrogen-bond donors (Lipinski definition) is 1. The molecule has 0 bridgehead atoms. The Balaban J connectivity index is 2.13. The summed E-state index contributed by atoms with van der Waals surface area (Å²) >= 11 is 0. The molecule has 6 heteroatoms. The summed E-state index contributed by atoms with van der Waals surface area (Å²) < 4.78 is 1.75. The zero-order valence-corrected chi connectivity index (χ0v) is 11.8. The Labute approximate surface area is 121 Å². The highest BCUT2D eigenvalue weighted by atomic mass is 16.2. The van der Waals surface area contributed by atoms with Crippen LogP contribution in [-0.2, 0) is 0 Å². The molecule has 0 spiro atoms. The number of anilines is 1. The van der Waals surface area contributed by atoms with Gasteiger partial charge < -0.3 is 10.6 Å². The molecule has 0 atom stereocenters. The second-order valence-corrected chi connectivity index (χ2v) is 4.97. The monoisotopic (exact) mass is 281 g/mol. The molecule has 0 fully saturated rings. The number of aromatic nitrogens is 3. The normalized spacial score (nSPS) is 10.8. The van der Waals surface area contributed by atoms with Crippen LogP contribution in [0.1, 0.15) is 10.5 Å². The third kappa shape index (κ3) is 2.31. The van der Waals surface area contributed by atoms with Crippen LogP contribution in [0.3, 0.4) is 0 Å². The Bertz CT molecular complexity index is 822. The molecule has 2 N–H and O–H groups in total. The third-order valence-corrected chi connectivity index (χ3v) is 3.21. The van der Waals surface area contributed by atoms with Crippen LogP contribution in [0.5, 0.6) is 0 Å². The number of carbonyl (C=O) groups is 1. The molecule has 0 unspecified atom stereocenters. The molecule has 0 saturated carbocycles. The van der Waals surface area contributed by atoms with Gasteiger partial charge in [0.1, 0.15) is 5.69 Å². The predicted molar refractivity (Wildman–Crippen MR) is 81.3 cm³/mol. The molecule has 0 aliphatic heterocycles. The van der Waals surface area contributed by atoms with E-state index < -0.39 is 0 Å². The van der Waals surface area contributed by atoms with Crippen LogP contribution < -0.4 is 5.73 Å². The number of carbonyl (C=O) groups excluding carboxylic acids is 1. The number of hydrogen-bond acceptors (Lipinski definition) is 4. The van der Waals surface area contributed by atoms with Crippen molar-refractivity contribution in [3.05, 3.63) is 48.4 Å². The van der Waals surface area contributed by atoms with Crippen LogP contribution in [0.15, 0.2) is 42.7 Å². The number of pyridine rings is 1. The van der Waals surface area contributed by atoms with E-state index in [1.165, 1.54) is 4.90 Å². The summed E-state index contributed by atoms with van der Waals surface area (Å²) in [5.74, 6) is -0.146. The second kappa shape index (κ2) is 4.90. The molecule has 21 heavy (non-hydrogen) atoms. The van der Waals surface area contributed by atoms with Gasteiger partial charge in [-0.2, -0.15) is 5.10 Å². The maximum absolute atomic E-state index is 12.0. The van der Waals surface area contributed by atoms with Gasteiger partial charge in [-0.05, 0) is 30.3 Å². The first-order valence-corrected chi connectivity index (χ1v) is 6.47. The zero-order valence-electron chi connectivity index (χ0n) is 11.8. The highest BCUT2D eigenvalue weighted by Crippen LogP contribution is 2.21. The lowest BCUT2D eigenvalue weighted by atomic mass is 10.2. The molecule has 3 aromatic rings. The minimum absolute atomic E-state index is 0.146. The summed E-state index contributed by atoms with van der Waals surface area (Å²) in [5, 5.41) is 5.35. The maximum atomic E-state index is 12.0. The lowest BCUT2D eigenvalue weighted by Crippen LogP contribution is -2.22. The average Bonchev–Trinajstić information content (AvgIpc) is 2.89. The van der Waals surface area contributed by atoms with E-state index >= 15 is 0 Å². The van der Waals surface area contributed by atoms with Crippen LogP contribution in [0, 0.1) is 0 Å². The minimum Gasteiger partial charge on any atom is -0.399 e. The topological polar surface area (TPSA) is 77.0 Å². The molecule has 0 radical (unpaired) electrons. The SMILES string of the molecule is CN(C)C(=O)c1cc(-n2ncc3ccc(N)cc32)ccn1. The smallest absolute Gasteiger partial charge is 0.272 e. The van der Waals surface area contributed by atoms with Crippen molar-refractivity contribution in [3.8, 4) is 5.69 Å². The fourth-order valence-electron chi connectivity index (χ4n) is 2.14. The van der Waals surface area contributed by atoms with Gasteiger partial charge in [0.05, 0.1) is 17.4 Å². The summed E-state index contributed by atoms with van der Waals surface area (Å²) in [6, 6.07) is 9.14. The van der Waals surface area contributed by atoms with Crippen molar-refractivity contribution >= 4 is 22.5 Å². The standard InChI is InChI=1S/C15H15N5O/c1-19(2)15(21)13-8-12(5-6-17-13)20-14-7-11(16)4-3-10(14)9-18-20/h3-9H,16H2,1-2H3. The fraction of sp³-hybridized carbons (Fsp3) is 0.133. The van der Waals surface area contributed by atoms with E-state index in [2.05, 4.69) is 10.1 Å². The lowest BCUT2D eigenvalue weighted by Gasteiger charge is -2.10. The van der Waals surface area contributed by atoms with Crippen molar-refractivity contribution in [2.75, 3.05) is 19.8 Å². The number of nitrogens with two attached hydrogens (primary N) is 1. The van der Waals surface area contributed by atoms with E-state index in [0.717, 1.165) is 16.6 Å². The van der Waals surface area contributed by atoms with E-state index in [9.17, 15) is 4.79 Å². The second-order valence-electron chi connectivity index (χ2n) is 4.97. The molecule has 3 rings (SSSR count). The third-order valence-electron chi connectivity index (χ3n) is 3.21. The van der Waals surface area contributed by atoms with Crippen LogP contribution in [-0.4, -0.2) is 39.7 Å². The van der Waals surface area contributed by atoms with Crippen molar-refractivity contribution in [3.63, 3.8) is 0 Å². The van der Waals surface area contributed by atoms with Crippen LogP contribution >= 0.6 is 0 Å². The van der Waals surface area contributed by atoms with Crippen molar-refractivity contribution in [2.24, 2.45) is 0 Å². The molecule has 0 saturated heterocycles. The summed E-state index contributed by atoms with van der Waals surface area (Å²) in [6.07, 6.45) is 3.37. The van der Waals surface area contributed by atoms with Crippen LogP contribution in [0.25, 0.3) is 16.6 Å². The number of rotatable bonds is 2. The van der Waals surface area contributed by atoms with Crippen LogP contribution in [0.2, 0.25) is 0 Å². The minimum atomic E-state index is -0.146. The Kier molecular flexibility index (Phi) is 3.06. The summed E-state index contributed by atoms with van der Waals surface area (Å²) in [5.41, 5.74) is 8.55. The van der Waals surface area contributed by atoms with Gasteiger partial charge in [0.2, 0.25) is 0 Å².